The Kier molecular flexibility index (Phi) is 3.26. The molecule has 1 fully saturated rings. The molecule has 2 N–H and O–H groups in total. The Morgan fingerprint density at radius 1 is 1.36 bits per heavy atom. The van der Waals surface area contributed by atoms with Gasteiger partial charge in [-0.25, -0.2) is 0 Å². The van der Waals surface area contributed by atoms with Crippen molar-refractivity contribution in [1.29, 1.82) is 0 Å². The molecule has 1 heterocycles. The van der Waals surface area contributed by atoms with E-state index in [2.05, 4.69) is 0 Å². The maximum Gasteiger partial charge on any atom is 0.102 e. The molecule has 0 aromatic rings. The van der Waals surface area contributed by atoms with Gasteiger partial charge in [0.1, 0.15) is 13.1 Å². The highest BCUT2D eigenvalue weighted by Crippen LogP contribution is 2.08. The molecule has 0 bridgehead atoms. The van der Waals surface area contributed by atoms with Crippen molar-refractivity contribution in [2.75, 3.05) is 39.4 Å². The standard InChI is InChI=1S/C7H16N2O2/c8-2-1-3-9(10)4-6-11-7-5-9/h1-8H2. The van der Waals surface area contributed by atoms with Crippen LogP contribution in [0.4, 0.5) is 0 Å². The van der Waals surface area contributed by atoms with E-state index in [0.717, 1.165) is 6.42 Å². The molecule has 0 spiro atoms. The first-order chi connectivity index (χ1) is 5.27. The fourth-order valence-corrected chi connectivity index (χ4v) is 1.28. The summed E-state index contributed by atoms with van der Waals surface area (Å²) < 4.78 is 5.00. The number of hydrogen-bond acceptors (Lipinski definition) is 3. The van der Waals surface area contributed by atoms with E-state index in [-0.39, 0.29) is 4.65 Å². The van der Waals surface area contributed by atoms with E-state index < -0.39 is 0 Å². The van der Waals surface area contributed by atoms with Crippen LogP contribution in [0.5, 0.6) is 0 Å². The van der Waals surface area contributed by atoms with Crippen LogP contribution in [0.25, 0.3) is 0 Å². The van der Waals surface area contributed by atoms with Crippen LogP contribution in [0.15, 0.2) is 0 Å². The van der Waals surface area contributed by atoms with Gasteiger partial charge >= 0.3 is 0 Å². The highest BCUT2D eigenvalue weighted by Gasteiger charge is 2.19. The van der Waals surface area contributed by atoms with Gasteiger partial charge in [-0.05, 0) is 6.54 Å². The Hall–Kier alpha value is -0.160. The zero-order chi connectivity index (χ0) is 8.16. The van der Waals surface area contributed by atoms with E-state index >= 15 is 0 Å². The first-order valence-electron chi connectivity index (χ1n) is 4.12. The number of quaternary nitrogens is 1. The lowest BCUT2D eigenvalue weighted by molar-refractivity contribution is -0.888. The molecule has 1 rings (SSSR count). The van der Waals surface area contributed by atoms with Gasteiger partial charge in [-0.3, -0.25) is 0 Å². The van der Waals surface area contributed by atoms with Crippen molar-refractivity contribution in [2.24, 2.45) is 5.73 Å². The smallest absolute Gasteiger partial charge is 0.102 e. The summed E-state index contributed by atoms with van der Waals surface area (Å²) >= 11 is 0. The van der Waals surface area contributed by atoms with Crippen LogP contribution < -0.4 is 5.73 Å². The monoisotopic (exact) mass is 160 g/mol. The highest BCUT2D eigenvalue weighted by atomic mass is 16.6. The summed E-state index contributed by atoms with van der Waals surface area (Å²) in [6, 6.07) is 0. The molecule has 1 aliphatic heterocycles. The van der Waals surface area contributed by atoms with Gasteiger partial charge in [-0.1, -0.05) is 0 Å². The number of morpholine rings is 1. The second-order valence-corrected chi connectivity index (χ2v) is 2.98. The molecule has 4 heteroatoms. The molecule has 0 aromatic heterocycles. The van der Waals surface area contributed by atoms with Crippen molar-refractivity contribution in [1.82, 2.24) is 0 Å². The minimum atomic E-state index is -0.100. The van der Waals surface area contributed by atoms with Gasteiger partial charge in [-0.15, -0.1) is 0 Å². The molecular weight excluding hydrogens is 144 g/mol. The minimum Gasteiger partial charge on any atom is -0.633 e. The number of rotatable bonds is 3. The van der Waals surface area contributed by atoms with Crippen LogP contribution in [0.3, 0.4) is 0 Å². The van der Waals surface area contributed by atoms with E-state index in [0.29, 0.717) is 39.4 Å². The largest absolute Gasteiger partial charge is 0.633 e. The zero-order valence-electron chi connectivity index (χ0n) is 6.79. The second kappa shape index (κ2) is 4.01. The number of hydroxylamine groups is 3. The molecular formula is C7H16N2O2. The Morgan fingerprint density at radius 2 is 2.00 bits per heavy atom. The van der Waals surface area contributed by atoms with E-state index in [9.17, 15) is 5.21 Å². The van der Waals surface area contributed by atoms with Gasteiger partial charge in [-0.2, -0.15) is 0 Å². The second-order valence-electron chi connectivity index (χ2n) is 2.98. The van der Waals surface area contributed by atoms with Crippen LogP contribution in [0.2, 0.25) is 0 Å². The lowest BCUT2D eigenvalue weighted by Gasteiger charge is -2.45. The van der Waals surface area contributed by atoms with Gasteiger partial charge < -0.3 is 20.3 Å². The van der Waals surface area contributed by atoms with Crippen LogP contribution >= 0.6 is 0 Å². The summed E-state index contributed by atoms with van der Waals surface area (Å²) in [5.41, 5.74) is 5.32. The SMILES string of the molecule is NCCC[N+]1([O-])CCOCC1. The summed E-state index contributed by atoms with van der Waals surface area (Å²) in [4.78, 5) is 0. The van der Waals surface area contributed by atoms with Crippen LogP contribution in [0, 0.1) is 5.21 Å². The summed E-state index contributed by atoms with van der Waals surface area (Å²) in [5, 5.41) is 11.7. The summed E-state index contributed by atoms with van der Waals surface area (Å²) in [7, 11) is 0. The molecule has 0 saturated carbocycles. The third-order valence-corrected chi connectivity index (χ3v) is 2.06. The average Bonchev–Trinajstić information content (AvgIpc) is 2.03. The molecule has 4 nitrogen and oxygen atoms in total. The van der Waals surface area contributed by atoms with Crippen LogP contribution in [-0.2, 0) is 4.74 Å². The van der Waals surface area contributed by atoms with Crippen molar-refractivity contribution < 1.29 is 9.38 Å². The number of nitrogens with zero attached hydrogens (tertiary/aromatic N) is 1. The molecule has 1 aliphatic rings. The molecule has 0 unspecified atom stereocenters. The number of hydrogen-bond donors (Lipinski definition) is 1. The lowest BCUT2D eigenvalue weighted by atomic mass is 10.3. The van der Waals surface area contributed by atoms with Gasteiger partial charge in [0.2, 0.25) is 0 Å². The van der Waals surface area contributed by atoms with Crippen molar-refractivity contribution in [3.05, 3.63) is 5.21 Å². The highest BCUT2D eigenvalue weighted by molar-refractivity contribution is 4.50. The molecule has 0 aromatic carbocycles. The van der Waals surface area contributed by atoms with Gasteiger partial charge in [0.25, 0.3) is 0 Å². The number of ether oxygens (including phenoxy) is 1. The summed E-state index contributed by atoms with van der Waals surface area (Å²) in [5.74, 6) is 0. The van der Waals surface area contributed by atoms with Gasteiger partial charge in [0, 0.05) is 6.42 Å². The Morgan fingerprint density at radius 3 is 2.55 bits per heavy atom. The quantitative estimate of drug-likeness (QED) is 0.454. The van der Waals surface area contributed by atoms with E-state index in [1.165, 1.54) is 0 Å². The molecule has 0 atom stereocenters. The summed E-state index contributed by atoms with van der Waals surface area (Å²) in [6.07, 6.45) is 0.823. The predicted octanol–water partition coefficient (Wildman–Crippen LogP) is -0.320. The zero-order valence-corrected chi connectivity index (χ0v) is 6.79. The van der Waals surface area contributed by atoms with E-state index in [1.54, 1.807) is 0 Å². The van der Waals surface area contributed by atoms with E-state index in [4.69, 9.17) is 10.5 Å². The number of nitrogens with two attached hydrogens (primary N) is 1. The molecule has 0 radical (unpaired) electrons. The lowest BCUT2D eigenvalue weighted by Crippen LogP contribution is -2.51. The maximum absolute atomic E-state index is 11.7. The fraction of sp³-hybridized carbons (Fsp3) is 1.00. The van der Waals surface area contributed by atoms with E-state index in [1.807, 2.05) is 0 Å². The summed E-state index contributed by atoms with van der Waals surface area (Å²) in [6.45, 7) is 3.67. The first kappa shape index (κ1) is 8.93. The normalized spacial score (nSPS) is 23.5. The third-order valence-electron chi connectivity index (χ3n) is 2.06. The molecule has 0 amide bonds. The Balaban J connectivity index is 2.25. The minimum absolute atomic E-state index is 0.100. The average molecular weight is 160 g/mol. The topological polar surface area (TPSA) is 58.3 Å². The molecule has 0 aliphatic carbocycles. The van der Waals surface area contributed by atoms with Crippen LogP contribution in [0.1, 0.15) is 6.42 Å². The molecule has 11 heavy (non-hydrogen) atoms. The van der Waals surface area contributed by atoms with Crippen molar-refractivity contribution in [2.45, 2.75) is 6.42 Å². The maximum atomic E-state index is 11.7. The van der Waals surface area contributed by atoms with Gasteiger partial charge in [0.05, 0.1) is 19.8 Å². The Bertz CT molecular complexity index is 113. The third kappa shape index (κ3) is 2.75. The van der Waals surface area contributed by atoms with Crippen molar-refractivity contribution in [3.8, 4) is 0 Å². The Labute approximate surface area is 67.1 Å². The fourth-order valence-electron chi connectivity index (χ4n) is 1.28. The molecule has 66 valence electrons. The van der Waals surface area contributed by atoms with Crippen molar-refractivity contribution >= 4 is 0 Å². The van der Waals surface area contributed by atoms with Gasteiger partial charge in [0.15, 0.2) is 0 Å². The van der Waals surface area contributed by atoms with Crippen molar-refractivity contribution in [3.63, 3.8) is 0 Å². The molecule has 1 saturated heterocycles. The van der Waals surface area contributed by atoms with Crippen LogP contribution in [-0.4, -0.2) is 44.0 Å². The predicted molar refractivity (Wildman–Crippen MR) is 42.7 cm³/mol. The first-order valence-corrected chi connectivity index (χ1v) is 4.12.